The Balaban J connectivity index is 1.46. The van der Waals surface area contributed by atoms with Crippen LogP contribution in [0, 0.1) is 0 Å². The van der Waals surface area contributed by atoms with Gasteiger partial charge in [0, 0.05) is 43.9 Å². The molecule has 6 heteroatoms. The molecule has 0 unspecified atom stereocenters. The fraction of sp³-hybridized carbons (Fsp3) is 0.179. The molecule has 5 rings (SSSR count). The van der Waals surface area contributed by atoms with Gasteiger partial charge in [-0.1, -0.05) is 91.0 Å². The molecule has 0 aliphatic carbocycles. The lowest BCUT2D eigenvalue weighted by atomic mass is 9.95. The van der Waals surface area contributed by atoms with Crippen LogP contribution in [-0.2, 0) is 6.54 Å². The molecule has 1 aliphatic heterocycles. The molecule has 1 saturated heterocycles. The molecule has 4 aromatic rings. The van der Waals surface area contributed by atoms with Crippen molar-refractivity contribution in [2.24, 2.45) is 0 Å². The summed E-state index contributed by atoms with van der Waals surface area (Å²) in [7, 11) is 0. The molecule has 0 atom stereocenters. The SMILES string of the molecule is O=C(c1c(-c2ccccc2)c(-c2ccccc2)n[nH]c1=O)N1CCN(Cc2ccccc2)CC1. The van der Waals surface area contributed by atoms with Crippen molar-refractivity contribution in [2.75, 3.05) is 26.2 Å². The number of amides is 1. The number of aromatic nitrogens is 2. The van der Waals surface area contributed by atoms with Gasteiger partial charge in [0.05, 0.1) is 5.69 Å². The van der Waals surface area contributed by atoms with E-state index in [1.165, 1.54) is 5.56 Å². The van der Waals surface area contributed by atoms with E-state index in [1.807, 2.05) is 78.9 Å². The molecule has 1 amide bonds. The zero-order chi connectivity index (χ0) is 23.3. The number of piperazine rings is 1. The molecule has 0 spiro atoms. The lowest BCUT2D eigenvalue weighted by Crippen LogP contribution is -2.49. The molecule has 6 nitrogen and oxygen atoms in total. The molecule has 3 aromatic carbocycles. The normalized spacial score (nSPS) is 14.2. The summed E-state index contributed by atoms with van der Waals surface area (Å²) in [6.07, 6.45) is 0. The second kappa shape index (κ2) is 9.85. The van der Waals surface area contributed by atoms with Crippen LogP contribution in [0.3, 0.4) is 0 Å². The zero-order valence-corrected chi connectivity index (χ0v) is 18.9. The van der Waals surface area contributed by atoms with Crippen molar-refractivity contribution in [3.05, 3.63) is 112 Å². The Morgan fingerprint density at radius 1 is 0.765 bits per heavy atom. The van der Waals surface area contributed by atoms with Crippen LogP contribution >= 0.6 is 0 Å². The van der Waals surface area contributed by atoms with Gasteiger partial charge >= 0.3 is 0 Å². The van der Waals surface area contributed by atoms with E-state index in [-0.39, 0.29) is 11.5 Å². The largest absolute Gasteiger partial charge is 0.336 e. The highest BCUT2D eigenvalue weighted by atomic mass is 16.2. The van der Waals surface area contributed by atoms with Crippen molar-refractivity contribution in [1.82, 2.24) is 20.0 Å². The molecule has 0 radical (unpaired) electrons. The second-order valence-electron chi connectivity index (χ2n) is 8.44. The monoisotopic (exact) mass is 450 g/mol. The van der Waals surface area contributed by atoms with Crippen LogP contribution in [0.1, 0.15) is 15.9 Å². The van der Waals surface area contributed by atoms with Crippen LogP contribution in [0.15, 0.2) is 95.8 Å². The summed E-state index contributed by atoms with van der Waals surface area (Å²) >= 11 is 0. The Morgan fingerprint density at radius 3 is 1.94 bits per heavy atom. The Kier molecular flexibility index (Phi) is 6.31. The number of H-pyrrole nitrogens is 1. The summed E-state index contributed by atoms with van der Waals surface area (Å²) < 4.78 is 0. The highest BCUT2D eigenvalue weighted by Crippen LogP contribution is 2.32. The zero-order valence-electron chi connectivity index (χ0n) is 18.9. The van der Waals surface area contributed by atoms with Gasteiger partial charge in [0.25, 0.3) is 11.5 Å². The standard InChI is InChI=1S/C28H26N4O2/c33-27-25(28(34)32-18-16-31(17-19-32)20-21-10-4-1-5-11-21)24(22-12-6-2-7-13-22)26(29-30-27)23-14-8-3-9-15-23/h1-15H,16-20H2,(H,30,33). The topological polar surface area (TPSA) is 69.3 Å². The summed E-state index contributed by atoms with van der Waals surface area (Å²) in [5.74, 6) is -0.251. The minimum atomic E-state index is -0.463. The summed E-state index contributed by atoms with van der Waals surface area (Å²) in [6.45, 7) is 3.52. The van der Waals surface area contributed by atoms with E-state index >= 15 is 0 Å². The number of hydrogen-bond acceptors (Lipinski definition) is 4. The number of nitrogens with one attached hydrogen (secondary N) is 1. The minimum Gasteiger partial charge on any atom is -0.336 e. The average Bonchev–Trinajstić information content (AvgIpc) is 2.90. The Hall–Kier alpha value is -4.03. The van der Waals surface area contributed by atoms with Crippen molar-refractivity contribution in [3.63, 3.8) is 0 Å². The van der Waals surface area contributed by atoms with Crippen LogP contribution in [0.25, 0.3) is 22.4 Å². The maximum absolute atomic E-state index is 13.7. The van der Waals surface area contributed by atoms with Gasteiger partial charge in [-0.3, -0.25) is 14.5 Å². The van der Waals surface area contributed by atoms with Crippen LogP contribution in [0.5, 0.6) is 0 Å². The van der Waals surface area contributed by atoms with Crippen LogP contribution < -0.4 is 5.56 Å². The van der Waals surface area contributed by atoms with E-state index in [4.69, 9.17) is 0 Å². The fourth-order valence-corrected chi connectivity index (χ4v) is 4.45. The van der Waals surface area contributed by atoms with Crippen LogP contribution in [-0.4, -0.2) is 52.1 Å². The third kappa shape index (κ3) is 4.54. The predicted octanol–water partition coefficient (Wildman–Crippen LogP) is 4.06. The molecule has 0 bridgehead atoms. The van der Waals surface area contributed by atoms with Gasteiger partial charge in [-0.05, 0) is 11.1 Å². The minimum absolute atomic E-state index is 0.150. The molecule has 1 N–H and O–H groups in total. The Labute approximate surface area is 198 Å². The number of aromatic amines is 1. The van der Waals surface area contributed by atoms with Crippen LogP contribution in [0.4, 0.5) is 0 Å². The first kappa shape index (κ1) is 21.8. The van der Waals surface area contributed by atoms with Gasteiger partial charge in [0.2, 0.25) is 0 Å². The first-order chi connectivity index (χ1) is 16.7. The summed E-state index contributed by atoms with van der Waals surface area (Å²) in [5.41, 5.74) is 3.76. The number of carbonyl (C=O) groups is 1. The fourth-order valence-electron chi connectivity index (χ4n) is 4.45. The van der Waals surface area contributed by atoms with E-state index < -0.39 is 5.56 Å². The van der Waals surface area contributed by atoms with Crippen molar-refractivity contribution in [1.29, 1.82) is 0 Å². The quantitative estimate of drug-likeness (QED) is 0.498. The van der Waals surface area contributed by atoms with Crippen LogP contribution in [0.2, 0.25) is 0 Å². The average molecular weight is 451 g/mol. The van der Waals surface area contributed by atoms with Gasteiger partial charge in [-0.25, -0.2) is 5.10 Å². The van der Waals surface area contributed by atoms with Gasteiger partial charge in [0.15, 0.2) is 0 Å². The third-order valence-corrected chi connectivity index (χ3v) is 6.22. The number of benzene rings is 3. The van der Waals surface area contributed by atoms with Crippen molar-refractivity contribution < 1.29 is 4.79 Å². The molecule has 0 saturated carbocycles. The summed E-state index contributed by atoms with van der Waals surface area (Å²) in [4.78, 5) is 30.9. The number of rotatable bonds is 5. The summed E-state index contributed by atoms with van der Waals surface area (Å²) in [6, 6.07) is 29.5. The molecule has 170 valence electrons. The van der Waals surface area contributed by atoms with E-state index in [2.05, 4.69) is 27.2 Å². The number of hydrogen-bond donors (Lipinski definition) is 1. The highest BCUT2D eigenvalue weighted by molar-refractivity contribution is 6.03. The Morgan fingerprint density at radius 2 is 1.32 bits per heavy atom. The first-order valence-corrected chi connectivity index (χ1v) is 11.5. The molecular weight excluding hydrogens is 424 g/mol. The first-order valence-electron chi connectivity index (χ1n) is 11.5. The van der Waals surface area contributed by atoms with Gasteiger partial charge in [-0.2, -0.15) is 5.10 Å². The lowest BCUT2D eigenvalue weighted by Gasteiger charge is -2.35. The highest BCUT2D eigenvalue weighted by Gasteiger charge is 2.29. The maximum atomic E-state index is 13.7. The van der Waals surface area contributed by atoms with E-state index in [1.54, 1.807) is 4.90 Å². The maximum Gasteiger partial charge on any atom is 0.277 e. The number of nitrogens with zero attached hydrogens (tertiary/aromatic N) is 3. The molecule has 2 heterocycles. The molecular formula is C28H26N4O2. The van der Waals surface area contributed by atoms with E-state index in [0.29, 0.717) is 24.3 Å². The predicted molar refractivity (Wildman–Crippen MR) is 133 cm³/mol. The third-order valence-electron chi connectivity index (χ3n) is 6.22. The lowest BCUT2D eigenvalue weighted by molar-refractivity contribution is 0.0627. The second-order valence-corrected chi connectivity index (χ2v) is 8.44. The van der Waals surface area contributed by atoms with Crippen molar-refractivity contribution in [2.45, 2.75) is 6.54 Å². The van der Waals surface area contributed by atoms with E-state index in [0.717, 1.165) is 30.8 Å². The van der Waals surface area contributed by atoms with Gasteiger partial charge < -0.3 is 4.90 Å². The van der Waals surface area contributed by atoms with Gasteiger partial charge in [-0.15, -0.1) is 0 Å². The van der Waals surface area contributed by atoms with Gasteiger partial charge in [0.1, 0.15) is 5.56 Å². The summed E-state index contributed by atoms with van der Waals surface area (Å²) in [5, 5.41) is 6.93. The smallest absolute Gasteiger partial charge is 0.277 e. The van der Waals surface area contributed by atoms with Crippen molar-refractivity contribution in [3.8, 4) is 22.4 Å². The van der Waals surface area contributed by atoms with Crippen molar-refractivity contribution >= 4 is 5.91 Å². The van der Waals surface area contributed by atoms with E-state index in [9.17, 15) is 9.59 Å². The molecule has 1 aromatic heterocycles. The Bertz CT molecular complexity index is 1310. The molecule has 1 fully saturated rings. The number of carbonyl (C=O) groups excluding carboxylic acids is 1. The molecule has 34 heavy (non-hydrogen) atoms. The molecule has 1 aliphatic rings.